The number of aryl methyl sites for hydroxylation is 1. The standard InChI is InChI=1S/C22H27FN4O2/c1-17-4-2-3-5-18(17)15-26-10-12-27(13-11-26)16-22(29)24-14-21(28)25-20-8-6-19(23)7-9-20/h2-9H,10-16H2,1H3,(H,24,29)(H,25,28)/p+2. The number of halogens is 1. The van der Waals surface area contributed by atoms with Gasteiger partial charge in [-0.3, -0.25) is 9.59 Å². The second kappa shape index (κ2) is 10.1. The molecule has 154 valence electrons. The maximum absolute atomic E-state index is 12.9. The Balaban J connectivity index is 1.34. The molecule has 2 aromatic rings. The minimum atomic E-state index is -0.361. The van der Waals surface area contributed by atoms with Gasteiger partial charge in [-0.2, -0.15) is 0 Å². The molecule has 2 amide bonds. The van der Waals surface area contributed by atoms with E-state index in [-0.39, 0.29) is 24.2 Å². The SMILES string of the molecule is Cc1ccccc1C[NH+]1CC[NH+](CC(=O)NCC(=O)Nc2ccc(F)cc2)CC1. The summed E-state index contributed by atoms with van der Waals surface area (Å²) in [5.41, 5.74) is 3.22. The van der Waals surface area contributed by atoms with Gasteiger partial charge in [-0.15, -0.1) is 0 Å². The van der Waals surface area contributed by atoms with E-state index < -0.39 is 0 Å². The normalized spacial score (nSPS) is 18.8. The van der Waals surface area contributed by atoms with Crippen molar-refractivity contribution in [1.82, 2.24) is 5.32 Å². The van der Waals surface area contributed by atoms with Crippen molar-refractivity contribution in [2.45, 2.75) is 13.5 Å². The topological polar surface area (TPSA) is 67.1 Å². The number of hydrogen-bond donors (Lipinski definition) is 4. The first kappa shape index (κ1) is 21.0. The first-order valence-corrected chi connectivity index (χ1v) is 10.0. The minimum Gasteiger partial charge on any atom is -0.342 e. The molecule has 1 aliphatic rings. The number of benzene rings is 2. The molecule has 0 atom stereocenters. The Morgan fingerprint density at radius 1 is 0.931 bits per heavy atom. The van der Waals surface area contributed by atoms with E-state index in [0.717, 1.165) is 32.7 Å². The van der Waals surface area contributed by atoms with Crippen LogP contribution < -0.4 is 20.4 Å². The van der Waals surface area contributed by atoms with Gasteiger partial charge in [-0.05, 0) is 36.8 Å². The fraction of sp³-hybridized carbons (Fsp3) is 0.364. The van der Waals surface area contributed by atoms with Crippen molar-refractivity contribution < 1.29 is 23.8 Å². The van der Waals surface area contributed by atoms with Gasteiger partial charge < -0.3 is 20.4 Å². The quantitative estimate of drug-likeness (QED) is 0.490. The molecule has 0 bridgehead atoms. The highest BCUT2D eigenvalue weighted by molar-refractivity contribution is 5.94. The van der Waals surface area contributed by atoms with E-state index in [1.54, 1.807) is 4.90 Å². The molecular weight excluding hydrogens is 371 g/mol. The van der Waals surface area contributed by atoms with E-state index in [1.165, 1.54) is 40.3 Å². The lowest BCUT2D eigenvalue weighted by Gasteiger charge is -2.29. The van der Waals surface area contributed by atoms with Crippen molar-refractivity contribution in [3.05, 3.63) is 65.5 Å². The summed E-state index contributed by atoms with van der Waals surface area (Å²) >= 11 is 0. The summed E-state index contributed by atoms with van der Waals surface area (Å²) in [4.78, 5) is 26.9. The van der Waals surface area contributed by atoms with Crippen LogP contribution in [0.15, 0.2) is 48.5 Å². The number of nitrogens with one attached hydrogen (secondary N) is 4. The van der Waals surface area contributed by atoms with E-state index in [2.05, 4.69) is 41.8 Å². The van der Waals surface area contributed by atoms with Crippen molar-refractivity contribution in [2.24, 2.45) is 0 Å². The van der Waals surface area contributed by atoms with E-state index >= 15 is 0 Å². The van der Waals surface area contributed by atoms with Crippen molar-refractivity contribution in [2.75, 3.05) is 44.6 Å². The van der Waals surface area contributed by atoms with Crippen LogP contribution in [0.25, 0.3) is 0 Å². The van der Waals surface area contributed by atoms with Crippen LogP contribution in [-0.4, -0.2) is 51.1 Å². The molecule has 7 heteroatoms. The Kier molecular flexibility index (Phi) is 7.32. The fourth-order valence-corrected chi connectivity index (χ4v) is 3.60. The lowest BCUT2D eigenvalue weighted by atomic mass is 10.1. The molecule has 6 nitrogen and oxygen atoms in total. The molecule has 3 rings (SSSR count). The predicted molar refractivity (Wildman–Crippen MR) is 109 cm³/mol. The highest BCUT2D eigenvalue weighted by atomic mass is 19.1. The number of hydrogen-bond acceptors (Lipinski definition) is 2. The number of piperazine rings is 1. The van der Waals surface area contributed by atoms with Crippen LogP contribution in [0, 0.1) is 12.7 Å². The Morgan fingerprint density at radius 2 is 1.59 bits per heavy atom. The second-order valence-corrected chi connectivity index (χ2v) is 7.61. The molecule has 29 heavy (non-hydrogen) atoms. The maximum atomic E-state index is 12.9. The van der Waals surface area contributed by atoms with Gasteiger partial charge >= 0.3 is 0 Å². The van der Waals surface area contributed by atoms with E-state index in [1.807, 2.05) is 0 Å². The lowest BCUT2D eigenvalue weighted by molar-refractivity contribution is -1.02. The summed E-state index contributed by atoms with van der Waals surface area (Å²) < 4.78 is 12.9. The van der Waals surface area contributed by atoms with E-state index in [0.29, 0.717) is 12.2 Å². The summed E-state index contributed by atoms with van der Waals surface area (Å²) in [5, 5.41) is 5.30. The average molecular weight is 400 g/mol. The Bertz CT molecular complexity index is 833. The molecule has 0 spiro atoms. The number of rotatable bonds is 7. The number of quaternary nitrogens is 2. The van der Waals surface area contributed by atoms with Gasteiger partial charge in [0.05, 0.1) is 6.54 Å². The maximum Gasteiger partial charge on any atom is 0.275 e. The molecule has 1 saturated heterocycles. The molecule has 1 heterocycles. The fourth-order valence-electron chi connectivity index (χ4n) is 3.60. The molecule has 4 N–H and O–H groups in total. The molecule has 0 saturated carbocycles. The second-order valence-electron chi connectivity index (χ2n) is 7.61. The zero-order chi connectivity index (χ0) is 20.6. The third-order valence-electron chi connectivity index (χ3n) is 5.35. The third-order valence-corrected chi connectivity index (χ3v) is 5.35. The summed E-state index contributed by atoms with van der Waals surface area (Å²) in [7, 11) is 0. The Morgan fingerprint density at radius 3 is 2.28 bits per heavy atom. The summed E-state index contributed by atoms with van der Waals surface area (Å²) in [6.07, 6.45) is 0. The summed E-state index contributed by atoms with van der Waals surface area (Å²) in [6, 6.07) is 14.0. The molecule has 0 radical (unpaired) electrons. The van der Waals surface area contributed by atoms with Crippen LogP contribution in [0.2, 0.25) is 0 Å². The Labute approximate surface area is 170 Å². The van der Waals surface area contributed by atoms with Gasteiger partial charge in [0.25, 0.3) is 5.91 Å². The summed E-state index contributed by atoms with van der Waals surface area (Å²) in [5.74, 6) is -0.816. The van der Waals surface area contributed by atoms with Gasteiger partial charge in [0.1, 0.15) is 38.5 Å². The van der Waals surface area contributed by atoms with Crippen LogP contribution in [0.1, 0.15) is 11.1 Å². The largest absolute Gasteiger partial charge is 0.342 e. The van der Waals surface area contributed by atoms with Crippen LogP contribution in [0.5, 0.6) is 0 Å². The number of carbonyl (C=O) groups is 2. The van der Waals surface area contributed by atoms with Gasteiger partial charge in [-0.1, -0.05) is 24.3 Å². The zero-order valence-electron chi connectivity index (χ0n) is 16.8. The van der Waals surface area contributed by atoms with Crippen molar-refractivity contribution in [3.8, 4) is 0 Å². The van der Waals surface area contributed by atoms with Crippen LogP contribution in [-0.2, 0) is 16.1 Å². The first-order chi connectivity index (χ1) is 14.0. The predicted octanol–water partition coefficient (Wildman–Crippen LogP) is -0.828. The molecule has 1 aliphatic heterocycles. The highest BCUT2D eigenvalue weighted by Crippen LogP contribution is 2.07. The van der Waals surface area contributed by atoms with Gasteiger partial charge in [0.15, 0.2) is 6.54 Å². The molecule has 1 fully saturated rings. The zero-order valence-corrected chi connectivity index (χ0v) is 16.8. The lowest BCUT2D eigenvalue weighted by Crippen LogP contribution is -3.28. The Hall–Kier alpha value is -2.77. The highest BCUT2D eigenvalue weighted by Gasteiger charge is 2.25. The van der Waals surface area contributed by atoms with E-state index in [4.69, 9.17) is 0 Å². The smallest absolute Gasteiger partial charge is 0.275 e. The molecule has 2 aromatic carbocycles. The number of carbonyl (C=O) groups excluding carboxylic acids is 2. The average Bonchev–Trinajstić information content (AvgIpc) is 2.71. The molecular formula is C22H29FN4O2+2. The van der Waals surface area contributed by atoms with Gasteiger partial charge in [0, 0.05) is 11.3 Å². The molecule has 0 unspecified atom stereocenters. The number of amides is 2. The van der Waals surface area contributed by atoms with Crippen LogP contribution in [0.3, 0.4) is 0 Å². The third kappa shape index (κ3) is 6.66. The van der Waals surface area contributed by atoms with Gasteiger partial charge in [0.2, 0.25) is 5.91 Å². The van der Waals surface area contributed by atoms with Gasteiger partial charge in [-0.25, -0.2) is 4.39 Å². The van der Waals surface area contributed by atoms with Crippen molar-refractivity contribution in [1.29, 1.82) is 0 Å². The number of anilines is 1. The van der Waals surface area contributed by atoms with Crippen molar-refractivity contribution >= 4 is 17.5 Å². The minimum absolute atomic E-state index is 0.0891. The molecule has 0 aromatic heterocycles. The monoisotopic (exact) mass is 400 g/mol. The van der Waals surface area contributed by atoms with E-state index in [9.17, 15) is 14.0 Å². The summed E-state index contributed by atoms with van der Waals surface area (Å²) in [6.45, 7) is 7.40. The van der Waals surface area contributed by atoms with Crippen molar-refractivity contribution in [3.63, 3.8) is 0 Å². The van der Waals surface area contributed by atoms with Crippen LogP contribution in [0.4, 0.5) is 10.1 Å². The first-order valence-electron chi connectivity index (χ1n) is 10.0. The van der Waals surface area contributed by atoms with Crippen LogP contribution >= 0.6 is 0 Å². The molecule has 0 aliphatic carbocycles.